The first-order chi connectivity index (χ1) is 9.42. The summed E-state index contributed by atoms with van der Waals surface area (Å²) in [5, 5.41) is 0. The monoisotopic (exact) mass is 297 g/mol. The van der Waals surface area contributed by atoms with Crippen LogP contribution in [0.1, 0.15) is 24.0 Å². The smallest absolute Gasteiger partial charge is 0.241 e. The number of aryl methyl sites for hydroxylation is 1. The lowest BCUT2D eigenvalue weighted by Crippen LogP contribution is -2.46. The Kier molecular flexibility index (Phi) is 4.80. The topological polar surface area (TPSA) is 75.4 Å². The fraction of sp³-hybridized carbons (Fsp3) is 0.571. The summed E-state index contributed by atoms with van der Waals surface area (Å²) >= 11 is 0. The summed E-state index contributed by atoms with van der Waals surface area (Å²) in [5.74, 6) is 0. The van der Waals surface area contributed by atoms with Crippen LogP contribution in [-0.4, -0.2) is 39.5 Å². The molecule has 1 atom stereocenters. The molecular weight excluding hydrogens is 274 g/mol. The van der Waals surface area contributed by atoms with Crippen molar-refractivity contribution < 1.29 is 8.42 Å². The maximum atomic E-state index is 12.5. The quantitative estimate of drug-likeness (QED) is 0.863. The Morgan fingerprint density at radius 3 is 2.80 bits per heavy atom. The van der Waals surface area contributed by atoms with Crippen LogP contribution in [0.3, 0.4) is 0 Å². The Balaban J connectivity index is 2.17. The van der Waals surface area contributed by atoms with Gasteiger partial charge in [-0.05, 0) is 50.6 Å². The first kappa shape index (κ1) is 15.4. The molecule has 1 saturated heterocycles. The Hall–Kier alpha value is -0.950. The molecule has 5 nitrogen and oxygen atoms in total. The van der Waals surface area contributed by atoms with Gasteiger partial charge < -0.3 is 10.6 Å². The predicted molar refractivity (Wildman–Crippen MR) is 79.9 cm³/mol. The Morgan fingerprint density at radius 2 is 2.20 bits per heavy atom. The van der Waals surface area contributed by atoms with Gasteiger partial charge in [0.05, 0.1) is 4.90 Å². The van der Waals surface area contributed by atoms with Crippen molar-refractivity contribution in [3.63, 3.8) is 0 Å². The number of likely N-dealkylation sites (N-methyl/N-ethyl adjacent to an activating group) is 1. The van der Waals surface area contributed by atoms with Gasteiger partial charge in [-0.15, -0.1) is 0 Å². The van der Waals surface area contributed by atoms with Crippen LogP contribution in [0.25, 0.3) is 0 Å². The van der Waals surface area contributed by atoms with Crippen molar-refractivity contribution in [2.45, 2.75) is 37.2 Å². The lowest BCUT2D eigenvalue weighted by atomic mass is 10.1. The summed E-state index contributed by atoms with van der Waals surface area (Å²) in [7, 11) is -1.44. The number of hydrogen-bond donors (Lipinski definition) is 2. The summed E-state index contributed by atoms with van der Waals surface area (Å²) in [6.07, 6.45) is 1.91. The third kappa shape index (κ3) is 3.58. The van der Waals surface area contributed by atoms with Crippen molar-refractivity contribution in [2.75, 3.05) is 20.1 Å². The van der Waals surface area contributed by atoms with Crippen LogP contribution in [0, 0.1) is 6.92 Å². The zero-order valence-corrected chi connectivity index (χ0v) is 12.9. The van der Waals surface area contributed by atoms with Gasteiger partial charge in [-0.1, -0.05) is 12.1 Å². The molecule has 0 amide bonds. The SMILES string of the molecule is Cc1cc(CN)ccc1S(=O)(=O)NC1CCCN(C)C1. The summed E-state index contributed by atoms with van der Waals surface area (Å²) in [5.41, 5.74) is 7.26. The average molecular weight is 297 g/mol. The van der Waals surface area contributed by atoms with Crippen molar-refractivity contribution in [1.29, 1.82) is 0 Å². The van der Waals surface area contributed by atoms with Gasteiger partial charge in [0.15, 0.2) is 0 Å². The van der Waals surface area contributed by atoms with Crippen LogP contribution in [0.2, 0.25) is 0 Å². The molecular formula is C14H23N3O2S. The highest BCUT2D eigenvalue weighted by Crippen LogP contribution is 2.18. The summed E-state index contributed by atoms with van der Waals surface area (Å²) in [6.45, 7) is 4.02. The molecule has 2 rings (SSSR count). The molecule has 6 heteroatoms. The predicted octanol–water partition coefficient (Wildman–Crippen LogP) is 0.826. The lowest BCUT2D eigenvalue weighted by molar-refractivity contribution is 0.242. The lowest BCUT2D eigenvalue weighted by Gasteiger charge is -2.30. The zero-order valence-electron chi connectivity index (χ0n) is 12.1. The molecule has 3 N–H and O–H groups in total. The summed E-state index contributed by atoms with van der Waals surface area (Å²) in [6, 6.07) is 5.25. The second-order valence-electron chi connectivity index (χ2n) is 5.53. The first-order valence-electron chi connectivity index (χ1n) is 6.93. The number of sulfonamides is 1. The summed E-state index contributed by atoms with van der Waals surface area (Å²) < 4.78 is 27.8. The van der Waals surface area contributed by atoms with E-state index in [1.807, 2.05) is 13.1 Å². The molecule has 0 spiro atoms. The van der Waals surface area contributed by atoms with E-state index in [-0.39, 0.29) is 6.04 Å². The van der Waals surface area contributed by atoms with Crippen molar-refractivity contribution in [1.82, 2.24) is 9.62 Å². The molecule has 0 aliphatic carbocycles. The third-order valence-electron chi connectivity index (χ3n) is 3.71. The van der Waals surface area contributed by atoms with Crippen molar-refractivity contribution in [3.05, 3.63) is 29.3 Å². The molecule has 1 aromatic rings. The van der Waals surface area contributed by atoms with Crippen LogP contribution >= 0.6 is 0 Å². The maximum Gasteiger partial charge on any atom is 0.241 e. The molecule has 1 heterocycles. The molecule has 20 heavy (non-hydrogen) atoms. The Labute approximate surface area is 121 Å². The standard InChI is InChI=1S/C14H23N3O2S/c1-11-8-12(9-15)5-6-14(11)20(18,19)16-13-4-3-7-17(2)10-13/h5-6,8,13,16H,3-4,7,9-10,15H2,1-2H3. The molecule has 1 aromatic carbocycles. The largest absolute Gasteiger partial charge is 0.326 e. The van der Waals surface area contributed by atoms with Crippen LogP contribution < -0.4 is 10.5 Å². The molecule has 0 bridgehead atoms. The van der Waals surface area contributed by atoms with E-state index in [0.29, 0.717) is 11.4 Å². The van der Waals surface area contributed by atoms with Gasteiger partial charge >= 0.3 is 0 Å². The van der Waals surface area contributed by atoms with Crippen LogP contribution in [0.4, 0.5) is 0 Å². The molecule has 1 aliphatic rings. The van der Waals surface area contributed by atoms with Crippen LogP contribution in [0.15, 0.2) is 23.1 Å². The van der Waals surface area contributed by atoms with E-state index >= 15 is 0 Å². The molecule has 0 radical (unpaired) electrons. The molecule has 0 saturated carbocycles. The summed E-state index contributed by atoms with van der Waals surface area (Å²) in [4.78, 5) is 2.50. The number of nitrogens with two attached hydrogens (primary N) is 1. The first-order valence-corrected chi connectivity index (χ1v) is 8.41. The van der Waals surface area contributed by atoms with E-state index in [0.717, 1.165) is 37.1 Å². The minimum Gasteiger partial charge on any atom is -0.326 e. The van der Waals surface area contributed by atoms with Gasteiger partial charge in [-0.2, -0.15) is 0 Å². The fourth-order valence-corrected chi connectivity index (χ4v) is 4.17. The van der Waals surface area contributed by atoms with Crippen molar-refractivity contribution >= 4 is 10.0 Å². The van der Waals surface area contributed by atoms with Gasteiger partial charge in [0.2, 0.25) is 10.0 Å². The molecule has 0 aromatic heterocycles. The number of likely N-dealkylation sites (tertiary alicyclic amines) is 1. The van der Waals surface area contributed by atoms with E-state index < -0.39 is 10.0 Å². The minimum absolute atomic E-state index is 0.00710. The number of piperidine rings is 1. The van der Waals surface area contributed by atoms with Gasteiger partial charge in [0.1, 0.15) is 0 Å². The molecule has 1 unspecified atom stereocenters. The van der Waals surface area contributed by atoms with Crippen LogP contribution in [0.5, 0.6) is 0 Å². The van der Waals surface area contributed by atoms with Gasteiger partial charge in [0.25, 0.3) is 0 Å². The Bertz CT molecular complexity index is 572. The van der Waals surface area contributed by atoms with Gasteiger partial charge in [-0.3, -0.25) is 0 Å². The van der Waals surface area contributed by atoms with Crippen molar-refractivity contribution in [2.24, 2.45) is 5.73 Å². The number of nitrogens with one attached hydrogen (secondary N) is 1. The second kappa shape index (κ2) is 6.22. The van der Waals surface area contributed by atoms with E-state index in [2.05, 4.69) is 9.62 Å². The highest BCUT2D eigenvalue weighted by Gasteiger charge is 2.24. The fourth-order valence-electron chi connectivity index (χ4n) is 2.69. The molecule has 1 fully saturated rings. The van der Waals surface area contributed by atoms with Gasteiger partial charge in [0, 0.05) is 19.1 Å². The third-order valence-corrected chi connectivity index (χ3v) is 5.39. The zero-order chi connectivity index (χ0) is 14.8. The maximum absolute atomic E-state index is 12.5. The molecule has 1 aliphatic heterocycles. The van der Waals surface area contributed by atoms with Crippen molar-refractivity contribution in [3.8, 4) is 0 Å². The number of hydrogen-bond acceptors (Lipinski definition) is 4. The highest BCUT2D eigenvalue weighted by atomic mass is 32.2. The number of benzene rings is 1. The second-order valence-corrected chi connectivity index (χ2v) is 7.21. The average Bonchev–Trinajstić information content (AvgIpc) is 2.37. The highest BCUT2D eigenvalue weighted by molar-refractivity contribution is 7.89. The number of nitrogens with zero attached hydrogens (tertiary/aromatic N) is 1. The normalized spacial score (nSPS) is 21.1. The Morgan fingerprint density at radius 1 is 1.45 bits per heavy atom. The van der Waals surface area contributed by atoms with E-state index in [1.54, 1.807) is 19.1 Å². The van der Waals surface area contributed by atoms with E-state index in [1.165, 1.54) is 0 Å². The molecule has 112 valence electrons. The van der Waals surface area contributed by atoms with Crippen LogP contribution in [-0.2, 0) is 16.6 Å². The minimum atomic E-state index is -3.46. The van der Waals surface area contributed by atoms with E-state index in [4.69, 9.17) is 5.73 Å². The van der Waals surface area contributed by atoms with E-state index in [9.17, 15) is 8.42 Å². The number of rotatable bonds is 4. The van der Waals surface area contributed by atoms with Gasteiger partial charge in [-0.25, -0.2) is 13.1 Å².